The predicted molar refractivity (Wildman–Crippen MR) is 71.8 cm³/mol. The summed E-state index contributed by atoms with van der Waals surface area (Å²) in [7, 11) is -3.30. The van der Waals surface area contributed by atoms with Crippen LogP contribution in [-0.2, 0) is 16.6 Å². The molecule has 1 heterocycles. The topological polar surface area (TPSA) is 58.2 Å². The summed E-state index contributed by atoms with van der Waals surface area (Å²) in [6.07, 6.45) is 0.798. The van der Waals surface area contributed by atoms with Crippen LogP contribution in [-0.4, -0.2) is 21.0 Å². The van der Waals surface area contributed by atoms with E-state index in [1.807, 2.05) is 12.3 Å². The van der Waals surface area contributed by atoms with Crippen molar-refractivity contribution in [3.05, 3.63) is 17.0 Å². The van der Waals surface area contributed by atoms with Crippen molar-refractivity contribution in [1.82, 2.24) is 10.0 Å². The van der Waals surface area contributed by atoms with Gasteiger partial charge in [-0.15, -0.1) is 11.3 Å². The molecule has 4 nitrogen and oxygen atoms in total. The molecule has 0 aliphatic carbocycles. The third-order valence-corrected chi connectivity index (χ3v) is 5.10. The highest BCUT2D eigenvalue weighted by molar-refractivity contribution is 7.91. The fourth-order valence-corrected chi connectivity index (χ4v) is 3.60. The molecule has 0 saturated heterocycles. The van der Waals surface area contributed by atoms with E-state index in [9.17, 15) is 8.42 Å². The molecule has 98 valence electrons. The summed E-state index contributed by atoms with van der Waals surface area (Å²) in [4.78, 5) is 0. The van der Waals surface area contributed by atoms with Crippen LogP contribution in [0, 0.1) is 0 Å². The summed E-state index contributed by atoms with van der Waals surface area (Å²) < 4.78 is 26.6. The molecule has 2 N–H and O–H groups in total. The maximum Gasteiger partial charge on any atom is 0.250 e. The van der Waals surface area contributed by atoms with Gasteiger partial charge in [0.2, 0.25) is 10.0 Å². The van der Waals surface area contributed by atoms with Crippen molar-refractivity contribution in [2.24, 2.45) is 0 Å². The molecule has 0 spiro atoms. The zero-order valence-electron chi connectivity index (χ0n) is 10.5. The lowest BCUT2D eigenvalue weighted by atomic mass is 10.3. The van der Waals surface area contributed by atoms with Crippen LogP contribution in [0.5, 0.6) is 0 Å². The van der Waals surface area contributed by atoms with Gasteiger partial charge in [0.25, 0.3) is 0 Å². The largest absolute Gasteiger partial charge is 0.310 e. The van der Waals surface area contributed by atoms with E-state index in [1.165, 1.54) is 11.3 Å². The highest BCUT2D eigenvalue weighted by atomic mass is 32.2. The average Bonchev–Trinajstić information content (AvgIpc) is 2.73. The molecule has 1 aromatic rings. The van der Waals surface area contributed by atoms with Gasteiger partial charge in [-0.25, -0.2) is 13.1 Å². The standard InChI is InChI=1S/C11H20N2O2S2/c1-4-5-13-17(14,15)11-6-10(8-16-11)7-12-9(2)3/h6,8-9,12-13H,4-5,7H2,1-3H3. The first-order chi connectivity index (χ1) is 7.95. The average molecular weight is 276 g/mol. The van der Waals surface area contributed by atoms with Crippen molar-refractivity contribution in [2.45, 2.75) is 44.0 Å². The first-order valence-corrected chi connectivity index (χ1v) is 8.12. The Labute approximate surface area is 107 Å². The van der Waals surface area contributed by atoms with Gasteiger partial charge in [0.05, 0.1) is 0 Å². The fourth-order valence-electron chi connectivity index (χ4n) is 1.22. The summed E-state index contributed by atoms with van der Waals surface area (Å²) in [5, 5.41) is 5.15. The number of thiophene rings is 1. The Balaban J connectivity index is 2.67. The lowest BCUT2D eigenvalue weighted by Gasteiger charge is -2.05. The normalized spacial score (nSPS) is 12.2. The van der Waals surface area contributed by atoms with Crippen molar-refractivity contribution in [2.75, 3.05) is 6.54 Å². The zero-order chi connectivity index (χ0) is 12.9. The second-order valence-electron chi connectivity index (χ2n) is 4.21. The smallest absolute Gasteiger partial charge is 0.250 e. The molecule has 0 aromatic carbocycles. The second kappa shape index (κ2) is 6.49. The highest BCUT2D eigenvalue weighted by Crippen LogP contribution is 2.20. The molecule has 0 amide bonds. The van der Waals surface area contributed by atoms with E-state index >= 15 is 0 Å². The Morgan fingerprint density at radius 1 is 1.41 bits per heavy atom. The second-order valence-corrected chi connectivity index (χ2v) is 7.11. The molecule has 0 atom stereocenters. The van der Waals surface area contributed by atoms with E-state index in [1.54, 1.807) is 6.07 Å². The van der Waals surface area contributed by atoms with Crippen LogP contribution in [0.4, 0.5) is 0 Å². The van der Waals surface area contributed by atoms with Crippen LogP contribution >= 0.6 is 11.3 Å². The van der Waals surface area contributed by atoms with Gasteiger partial charge in [-0.3, -0.25) is 0 Å². The Kier molecular flexibility index (Phi) is 5.58. The minimum Gasteiger partial charge on any atom is -0.310 e. The maximum atomic E-state index is 11.8. The Hall–Kier alpha value is -0.430. The molecule has 0 fully saturated rings. The van der Waals surface area contributed by atoms with E-state index in [0.717, 1.165) is 12.0 Å². The summed E-state index contributed by atoms with van der Waals surface area (Å²) in [5.41, 5.74) is 1.01. The molecule has 6 heteroatoms. The van der Waals surface area contributed by atoms with E-state index in [-0.39, 0.29) is 0 Å². The van der Waals surface area contributed by atoms with Gasteiger partial charge in [0.1, 0.15) is 4.21 Å². The van der Waals surface area contributed by atoms with Crippen molar-refractivity contribution in [3.63, 3.8) is 0 Å². The fraction of sp³-hybridized carbons (Fsp3) is 0.636. The lowest BCUT2D eigenvalue weighted by molar-refractivity contribution is 0.581. The van der Waals surface area contributed by atoms with Crippen LogP contribution in [0.1, 0.15) is 32.8 Å². The molecular formula is C11H20N2O2S2. The molecule has 0 saturated carbocycles. The van der Waals surface area contributed by atoms with Crippen molar-refractivity contribution in [3.8, 4) is 0 Å². The van der Waals surface area contributed by atoms with Gasteiger partial charge in [-0.2, -0.15) is 0 Å². The zero-order valence-corrected chi connectivity index (χ0v) is 12.1. The van der Waals surface area contributed by atoms with Gasteiger partial charge in [0, 0.05) is 19.1 Å². The van der Waals surface area contributed by atoms with Gasteiger partial charge >= 0.3 is 0 Å². The molecule has 0 radical (unpaired) electrons. The summed E-state index contributed by atoms with van der Waals surface area (Å²) in [5.74, 6) is 0. The lowest BCUT2D eigenvalue weighted by Crippen LogP contribution is -2.23. The van der Waals surface area contributed by atoms with E-state index < -0.39 is 10.0 Å². The van der Waals surface area contributed by atoms with Gasteiger partial charge in [0.15, 0.2) is 0 Å². The minimum atomic E-state index is -3.30. The SMILES string of the molecule is CCCNS(=O)(=O)c1cc(CNC(C)C)cs1. The van der Waals surface area contributed by atoms with E-state index in [4.69, 9.17) is 0 Å². The number of rotatable bonds is 7. The molecule has 0 bridgehead atoms. The number of sulfonamides is 1. The number of hydrogen-bond acceptors (Lipinski definition) is 4. The molecule has 0 unspecified atom stereocenters. The predicted octanol–water partition coefficient (Wildman–Crippen LogP) is 1.93. The first kappa shape index (κ1) is 14.6. The minimum absolute atomic E-state index is 0.395. The van der Waals surface area contributed by atoms with Gasteiger partial charge < -0.3 is 5.32 Å². The van der Waals surface area contributed by atoms with Gasteiger partial charge in [-0.1, -0.05) is 20.8 Å². The van der Waals surface area contributed by atoms with Crippen LogP contribution < -0.4 is 10.0 Å². The summed E-state index contributed by atoms with van der Waals surface area (Å²) in [6.45, 7) is 7.26. The van der Waals surface area contributed by atoms with E-state index in [0.29, 0.717) is 23.3 Å². The highest BCUT2D eigenvalue weighted by Gasteiger charge is 2.15. The molecule has 1 aromatic heterocycles. The molecule has 1 rings (SSSR count). The van der Waals surface area contributed by atoms with Crippen LogP contribution in [0.15, 0.2) is 15.7 Å². The van der Waals surface area contributed by atoms with Crippen molar-refractivity contribution >= 4 is 21.4 Å². The summed E-state index contributed by atoms with van der Waals surface area (Å²) in [6, 6.07) is 2.13. The van der Waals surface area contributed by atoms with Crippen LogP contribution in [0.25, 0.3) is 0 Å². The van der Waals surface area contributed by atoms with Crippen molar-refractivity contribution in [1.29, 1.82) is 0 Å². The third-order valence-electron chi connectivity index (χ3n) is 2.15. The Bertz CT molecular complexity index is 438. The molecular weight excluding hydrogens is 256 g/mol. The van der Waals surface area contributed by atoms with Crippen LogP contribution in [0.3, 0.4) is 0 Å². The Morgan fingerprint density at radius 2 is 2.12 bits per heavy atom. The monoisotopic (exact) mass is 276 g/mol. The molecule has 0 aliphatic rings. The van der Waals surface area contributed by atoms with Gasteiger partial charge in [-0.05, 0) is 23.4 Å². The van der Waals surface area contributed by atoms with E-state index in [2.05, 4.69) is 23.9 Å². The molecule has 17 heavy (non-hydrogen) atoms. The maximum absolute atomic E-state index is 11.8. The van der Waals surface area contributed by atoms with Crippen molar-refractivity contribution < 1.29 is 8.42 Å². The number of hydrogen-bond donors (Lipinski definition) is 2. The third kappa shape index (κ3) is 4.75. The quantitative estimate of drug-likeness (QED) is 0.800. The molecule has 0 aliphatic heterocycles. The Morgan fingerprint density at radius 3 is 2.71 bits per heavy atom. The van der Waals surface area contributed by atoms with Crippen LogP contribution in [0.2, 0.25) is 0 Å². The summed E-state index contributed by atoms with van der Waals surface area (Å²) >= 11 is 1.27. The number of nitrogens with one attached hydrogen (secondary N) is 2. The first-order valence-electron chi connectivity index (χ1n) is 5.76.